The van der Waals surface area contributed by atoms with Crippen LogP contribution in [0.4, 0.5) is 0 Å². The van der Waals surface area contributed by atoms with Crippen LogP contribution in [0, 0.1) is 5.92 Å². The molecule has 0 aromatic heterocycles. The van der Waals surface area contributed by atoms with Gasteiger partial charge in [0.15, 0.2) is 0 Å². The highest BCUT2D eigenvalue weighted by molar-refractivity contribution is 7.88. The standard InChI is InChI=1S/C10H24N2O2S/c1-5-12(15(4,13)14)8-6-7-11-9-10(2)3/h10-11H,5-9H2,1-4H3. The van der Waals surface area contributed by atoms with E-state index in [4.69, 9.17) is 0 Å². The van der Waals surface area contributed by atoms with Crippen molar-refractivity contribution in [3.63, 3.8) is 0 Å². The smallest absolute Gasteiger partial charge is 0.211 e. The second-order valence-corrected chi connectivity index (χ2v) is 6.19. The molecule has 0 aromatic rings. The van der Waals surface area contributed by atoms with E-state index in [0.717, 1.165) is 19.5 Å². The van der Waals surface area contributed by atoms with Crippen LogP contribution < -0.4 is 5.32 Å². The van der Waals surface area contributed by atoms with Gasteiger partial charge in [0.2, 0.25) is 10.0 Å². The molecule has 0 aliphatic heterocycles. The zero-order chi connectivity index (χ0) is 11.9. The van der Waals surface area contributed by atoms with Crippen molar-refractivity contribution in [1.29, 1.82) is 0 Å². The normalized spacial score (nSPS) is 12.7. The number of rotatable bonds is 8. The second-order valence-electron chi connectivity index (χ2n) is 4.21. The van der Waals surface area contributed by atoms with Gasteiger partial charge in [0, 0.05) is 13.1 Å². The summed E-state index contributed by atoms with van der Waals surface area (Å²) < 4.78 is 24.0. The minimum absolute atomic E-state index is 0.559. The average molecular weight is 236 g/mol. The summed E-state index contributed by atoms with van der Waals surface area (Å²) in [6.07, 6.45) is 2.13. The van der Waals surface area contributed by atoms with Gasteiger partial charge in [0.05, 0.1) is 6.26 Å². The first-order chi connectivity index (χ1) is 6.88. The molecule has 0 unspecified atom stereocenters. The van der Waals surface area contributed by atoms with Crippen LogP contribution in [0.5, 0.6) is 0 Å². The lowest BCUT2D eigenvalue weighted by atomic mass is 10.2. The molecule has 0 radical (unpaired) electrons. The third kappa shape index (κ3) is 7.76. The molecular formula is C10H24N2O2S. The maximum atomic E-state index is 11.2. The molecule has 1 N–H and O–H groups in total. The first-order valence-electron chi connectivity index (χ1n) is 5.53. The van der Waals surface area contributed by atoms with E-state index in [1.54, 1.807) is 0 Å². The number of sulfonamides is 1. The van der Waals surface area contributed by atoms with E-state index < -0.39 is 10.0 Å². The van der Waals surface area contributed by atoms with Gasteiger partial charge in [-0.2, -0.15) is 0 Å². The van der Waals surface area contributed by atoms with Gasteiger partial charge in [0.25, 0.3) is 0 Å². The van der Waals surface area contributed by atoms with Crippen molar-refractivity contribution >= 4 is 10.0 Å². The summed E-state index contributed by atoms with van der Waals surface area (Å²) >= 11 is 0. The van der Waals surface area contributed by atoms with Gasteiger partial charge in [-0.05, 0) is 25.4 Å². The summed E-state index contributed by atoms with van der Waals surface area (Å²) in [7, 11) is -3.01. The second kappa shape index (κ2) is 7.19. The number of nitrogens with one attached hydrogen (secondary N) is 1. The van der Waals surface area contributed by atoms with Gasteiger partial charge in [-0.1, -0.05) is 20.8 Å². The molecule has 0 bridgehead atoms. The number of nitrogens with zero attached hydrogens (tertiary/aromatic N) is 1. The third-order valence-corrected chi connectivity index (χ3v) is 3.51. The monoisotopic (exact) mass is 236 g/mol. The van der Waals surface area contributed by atoms with Crippen LogP contribution in [0.2, 0.25) is 0 Å². The Morgan fingerprint density at radius 3 is 2.33 bits per heavy atom. The molecule has 15 heavy (non-hydrogen) atoms. The largest absolute Gasteiger partial charge is 0.316 e. The first kappa shape index (κ1) is 14.9. The first-order valence-corrected chi connectivity index (χ1v) is 7.38. The summed E-state index contributed by atoms with van der Waals surface area (Å²) in [5.41, 5.74) is 0. The van der Waals surface area contributed by atoms with Crippen molar-refractivity contribution in [2.24, 2.45) is 5.92 Å². The zero-order valence-corrected chi connectivity index (χ0v) is 11.1. The summed E-state index contributed by atoms with van der Waals surface area (Å²) in [6, 6.07) is 0. The van der Waals surface area contributed by atoms with Gasteiger partial charge in [-0.3, -0.25) is 0 Å². The fourth-order valence-corrected chi connectivity index (χ4v) is 2.26. The molecule has 0 atom stereocenters. The Morgan fingerprint density at radius 1 is 1.33 bits per heavy atom. The minimum atomic E-state index is -3.01. The van der Waals surface area contributed by atoms with Crippen molar-refractivity contribution in [3.8, 4) is 0 Å². The van der Waals surface area contributed by atoms with E-state index in [0.29, 0.717) is 19.0 Å². The molecule has 92 valence electrons. The lowest BCUT2D eigenvalue weighted by Crippen LogP contribution is -2.32. The maximum Gasteiger partial charge on any atom is 0.211 e. The van der Waals surface area contributed by atoms with E-state index in [1.807, 2.05) is 6.92 Å². The Balaban J connectivity index is 3.66. The summed E-state index contributed by atoms with van der Waals surface area (Å²) in [6.45, 7) is 9.21. The van der Waals surface area contributed by atoms with E-state index >= 15 is 0 Å². The molecule has 0 amide bonds. The van der Waals surface area contributed by atoms with E-state index in [2.05, 4.69) is 19.2 Å². The van der Waals surface area contributed by atoms with Crippen LogP contribution in [0.3, 0.4) is 0 Å². The maximum absolute atomic E-state index is 11.2. The highest BCUT2D eigenvalue weighted by Gasteiger charge is 2.12. The number of hydrogen-bond donors (Lipinski definition) is 1. The SMILES string of the molecule is CCN(CCCNCC(C)C)S(C)(=O)=O. The molecule has 0 spiro atoms. The van der Waals surface area contributed by atoms with Crippen LogP contribution in [0.15, 0.2) is 0 Å². The molecule has 0 saturated carbocycles. The van der Waals surface area contributed by atoms with E-state index in [9.17, 15) is 8.42 Å². The molecule has 0 aliphatic rings. The van der Waals surface area contributed by atoms with E-state index in [1.165, 1.54) is 10.6 Å². The minimum Gasteiger partial charge on any atom is -0.316 e. The van der Waals surface area contributed by atoms with Crippen LogP contribution >= 0.6 is 0 Å². The Kier molecular flexibility index (Phi) is 7.13. The Morgan fingerprint density at radius 2 is 1.93 bits per heavy atom. The molecule has 4 nitrogen and oxygen atoms in total. The van der Waals surface area contributed by atoms with Crippen LogP contribution in [-0.2, 0) is 10.0 Å². The van der Waals surface area contributed by atoms with E-state index in [-0.39, 0.29) is 0 Å². The van der Waals surface area contributed by atoms with Gasteiger partial charge in [-0.25, -0.2) is 12.7 Å². The summed E-state index contributed by atoms with van der Waals surface area (Å²) in [5.74, 6) is 0.641. The van der Waals surface area contributed by atoms with Crippen LogP contribution in [0.25, 0.3) is 0 Å². The Hall–Kier alpha value is -0.130. The molecule has 0 fully saturated rings. The van der Waals surface area contributed by atoms with Gasteiger partial charge in [0.1, 0.15) is 0 Å². The highest BCUT2D eigenvalue weighted by atomic mass is 32.2. The molecule has 0 saturated heterocycles. The van der Waals surface area contributed by atoms with Crippen LogP contribution in [0.1, 0.15) is 27.2 Å². The highest BCUT2D eigenvalue weighted by Crippen LogP contribution is 1.98. The predicted octanol–water partition coefficient (Wildman–Crippen LogP) is 0.904. The third-order valence-electron chi connectivity index (χ3n) is 2.14. The molecule has 0 heterocycles. The number of hydrogen-bond acceptors (Lipinski definition) is 3. The van der Waals surface area contributed by atoms with Crippen molar-refractivity contribution in [2.75, 3.05) is 32.4 Å². The fourth-order valence-electron chi connectivity index (χ4n) is 1.33. The van der Waals surface area contributed by atoms with Gasteiger partial charge in [-0.15, -0.1) is 0 Å². The van der Waals surface area contributed by atoms with Crippen molar-refractivity contribution in [2.45, 2.75) is 27.2 Å². The lowest BCUT2D eigenvalue weighted by molar-refractivity contribution is 0.415. The molecule has 5 heteroatoms. The lowest BCUT2D eigenvalue weighted by Gasteiger charge is -2.17. The van der Waals surface area contributed by atoms with Crippen LogP contribution in [-0.4, -0.2) is 45.2 Å². The van der Waals surface area contributed by atoms with Gasteiger partial charge >= 0.3 is 0 Å². The fraction of sp³-hybridized carbons (Fsp3) is 1.00. The topological polar surface area (TPSA) is 49.4 Å². The summed E-state index contributed by atoms with van der Waals surface area (Å²) in [4.78, 5) is 0. The van der Waals surface area contributed by atoms with Crippen molar-refractivity contribution in [1.82, 2.24) is 9.62 Å². The quantitative estimate of drug-likeness (QED) is 0.637. The molecule has 0 rings (SSSR count). The zero-order valence-electron chi connectivity index (χ0n) is 10.3. The Bertz CT molecular complexity index is 250. The summed E-state index contributed by atoms with van der Waals surface area (Å²) in [5, 5.41) is 3.29. The molecule has 0 aromatic carbocycles. The van der Waals surface area contributed by atoms with Gasteiger partial charge < -0.3 is 5.32 Å². The average Bonchev–Trinajstić information content (AvgIpc) is 2.08. The molecular weight excluding hydrogens is 212 g/mol. The Labute approximate surface area is 94.1 Å². The van der Waals surface area contributed by atoms with Crippen molar-refractivity contribution < 1.29 is 8.42 Å². The van der Waals surface area contributed by atoms with Crippen molar-refractivity contribution in [3.05, 3.63) is 0 Å². The molecule has 0 aliphatic carbocycles. The predicted molar refractivity (Wildman–Crippen MR) is 64.4 cm³/mol.